The van der Waals surface area contributed by atoms with Gasteiger partial charge in [0, 0.05) is 20.5 Å². The van der Waals surface area contributed by atoms with Crippen LogP contribution in [0.5, 0.6) is 0 Å². The molecule has 398 valence electrons. The van der Waals surface area contributed by atoms with Crippen LogP contribution in [0.25, 0.3) is 173 Å². The van der Waals surface area contributed by atoms with Crippen molar-refractivity contribution in [2.24, 2.45) is 0 Å². The SMILES string of the molecule is c1ccc(-p2c3ccccc3c3cccc(-c4cccc5c(-c6c7cccc(-c8ccc9ccccc9c8)c7cc7c(-c8ccc9ccccc9c8)cccc67)c6cccc(-c7cccc8c9ccccc9p(-c9ccccc9)c78)c6cc45)c32)cc1. The second-order valence-electron chi connectivity index (χ2n) is 23.0. The standard InChI is InChI=1S/C84H52P2/c1-3-25-59(26-4-1)85-79-43-13-11-29-65(79)73-41-19-39-71(83(73)85)63-33-17-37-69-77(63)52-78-64(72-40-20-42-74-66-30-12-14-44-80(66)86(84(72)74)60-27-5-2-6-28-60)34-18-38-70(78)82(69)81-67-35-15-31-61(57-47-45-53-21-7-9-23-55(53)49-57)75(67)51-76-62(32-16-36-68(76)81)58-48-46-54-22-8-10-24-56(54)50-58/h1-52H. The molecule has 0 saturated carbocycles. The first-order chi connectivity index (χ1) is 42.7. The number of hydrogen-bond donors (Lipinski definition) is 0. The molecule has 0 spiro atoms. The lowest BCUT2D eigenvalue weighted by Crippen LogP contribution is -1.94. The summed E-state index contributed by atoms with van der Waals surface area (Å²) in [6.45, 7) is 0. The van der Waals surface area contributed by atoms with E-state index in [1.54, 1.807) is 0 Å². The summed E-state index contributed by atoms with van der Waals surface area (Å²) in [5.74, 6) is 0. The van der Waals surface area contributed by atoms with Crippen LogP contribution in [0.2, 0.25) is 0 Å². The average molecular weight is 1120 g/mol. The van der Waals surface area contributed by atoms with Crippen LogP contribution in [0.15, 0.2) is 315 Å². The van der Waals surface area contributed by atoms with Crippen LogP contribution < -0.4 is 0 Å². The van der Waals surface area contributed by atoms with Gasteiger partial charge in [-0.3, -0.25) is 0 Å². The molecule has 0 fully saturated rings. The molecule has 18 aromatic rings. The summed E-state index contributed by atoms with van der Waals surface area (Å²) in [4.78, 5) is 0. The summed E-state index contributed by atoms with van der Waals surface area (Å²) in [5.41, 5.74) is 12.5. The third kappa shape index (κ3) is 7.51. The van der Waals surface area contributed by atoms with E-state index in [1.165, 1.54) is 173 Å². The topological polar surface area (TPSA) is 0 Å². The zero-order valence-electron chi connectivity index (χ0n) is 46.9. The van der Waals surface area contributed by atoms with E-state index in [9.17, 15) is 0 Å². The smallest absolute Gasteiger partial charge is 0.0147 e. The molecular weight excluding hydrogens is 1070 g/mol. The molecule has 2 aromatic heterocycles. The van der Waals surface area contributed by atoms with Crippen LogP contribution in [0, 0.1) is 0 Å². The average Bonchev–Trinajstić information content (AvgIpc) is 1.10. The molecule has 0 radical (unpaired) electrons. The first-order valence-electron chi connectivity index (χ1n) is 29.8. The monoisotopic (exact) mass is 1120 g/mol. The Bertz CT molecular complexity index is 5470. The predicted molar refractivity (Wildman–Crippen MR) is 377 cm³/mol. The third-order valence-corrected chi connectivity index (χ3v) is 23.7. The fraction of sp³-hybridized carbons (Fsp3) is 0. The fourth-order valence-electron chi connectivity index (χ4n) is 14.7. The minimum absolute atomic E-state index is 0.873. The summed E-state index contributed by atoms with van der Waals surface area (Å²) >= 11 is 0. The van der Waals surface area contributed by atoms with Gasteiger partial charge >= 0.3 is 0 Å². The highest BCUT2D eigenvalue weighted by molar-refractivity contribution is 7.68. The predicted octanol–water partition coefficient (Wildman–Crippen LogP) is 25.5. The maximum absolute atomic E-state index is 2.59. The van der Waals surface area contributed by atoms with E-state index in [-0.39, 0.29) is 0 Å². The number of fused-ring (bicyclic) bond motifs is 12. The van der Waals surface area contributed by atoms with Gasteiger partial charge in [-0.25, -0.2) is 0 Å². The van der Waals surface area contributed by atoms with Gasteiger partial charge in [-0.05, 0) is 177 Å². The lowest BCUT2D eigenvalue weighted by atomic mass is 9.81. The van der Waals surface area contributed by atoms with Crippen LogP contribution in [-0.2, 0) is 0 Å². The van der Waals surface area contributed by atoms with Gasteiger partial charge in [0.15, 0.2) is 0 Å². The van der Waals surface area contributed by atoms with Crippen LogP contribution in [0.3, 0.4) is 0 Å². The molecule has 18 rings (SSSR count). The number of benzene rings is 16. The van der Waals surface area contributed by atoms with Gasteiger partial charge in [0.2, 0.25) is 0 Å². The molecule has 2 heteroatoms. The molecule has 2 unspecified atom stereocenters. The molecular formula is C84H52P2. The van der Waals surface area contributed by atoms with Gasteiger partial charge < -0.3 is 0 Å². The molecule has 0 saturated heterocycles. The molecule has 0 amide bonds. The van der Waals surface area contributed by atoms with E-state index in [2.05, 4.69) is 315 Å². The van der Waals surface area contributed by atoms with Crippen molar-refractivity contribution in [2.75, 3.05) is 0 Å². The van der Waals surface area contributed by atoms with Gasteiger partial charge in [-0.15, -0.1) is 0 Å². The van der Waals surface area contributed by atoms with E-state index < -0.39 is 15.1 Å². The van der Waals surface area contributed by atoms with E-state index in [0.717, 1.165) is 0 Å². The van der Waals surface area contributed by atoms with Crippen LogP contribution in [-0.4, -0.2) is 0 Å². The molecule has 0 aliphatic carbocycles. The van der Waals surface area contributed by atoms with E-state index in [0.29, 0.717) is 0 Å². The molecule has 2 heterocycles. The van der Waals surface area contributed by atoms with Crippen molar-refractivity contribution >= 4 is 122 Å². The lowest BCUT2D eigenvalue weighted by Gasteiger charge is -2.22. The summed E-state index contributed by atoms with van der Waals surface area (Å²) in [7, 11) is -1.75. The van der Waals surface area contributed by atoms with Gasteiger partial charge in [0.1, 0.15) is 0 Å². The maximum Gasteiger partial charge on any atom is 0.0147 e. The van der Waals surface area contributed by atoms with Crippen LogP contribution in [0.4, 0.5) is 0 Å². The first-order valence-corrected chi connectivity index (χ1v) is 32.5. The van der Waals surface area contributed by atoms with Crippen molar-refractivity contribution in [3.8, 4) is 66.2 Å². The summed E-state index contributed by atoms with van der Waals surface area (Å²) in [6.07, 6.45) is 0. The van der Waals surface area contributed by atoms with Gasteiger partial charge in [-0.1, -0.05) is 306 Å². The fourth-order valence-corrected chi connectivity index (χ4v) is 20.3. The van der Waals surface area contributed by atoms with E-state index >= 15 is 0 Å². The van der Waals surface area contributed by atoms with Crippen molar-refractivity contribution < 1.29 is 0 Å². The highest BCUT2D eigenvalue weighted by atomic mass is 31.1. The van der Waals surface area contributed by atoms with Crippen molar-refractivity contribution in [1.82, 2.24) is 0 Å². The van der Waals surface area contributed by atoms with Gasteiger partial charge in [-0.2, -0.15) is 0 Å². The maximum atomic E-state index is 2.59. The Balaban J connectivity index is 1.02. The van der Waals surface area contributed by atoms with Gasteiger partial charge in [0.25, 0.3) is 0 Å². The number of rotatable bonds is 7. The Kier molecular flexibility index (Phi) is 11.2. The van der Waals surface area contributed by atoms with Crippen molar-refractivity contribution in [1.29, 1.82) is 0 Å². The van der Waals surface area contributed by atoms with E-state index in [4.69, 9.17) is 0 Å². The Labute approximate surface area is 500 Å². The Hall–Kier alpha value is -10.3. The van der Waals surface area contributed by atoms with Crippen molar-refractivity contribution in [3.63, 3.8) is 0 Å². The Morgan fingerprint density at radius 3 is 0.907 bits per heavy atom. The minimum Gasteiger partial charge on any atom is -0.0766 e. The Morgan fingerprint density at radius 1 is 0.174 bits per heavy atom. The molecule has 0 nitrogen and oxygen atoms in total. The third-order valence-electron chi connectivity index (χ3n) is 18.4. The summed E-state index contributed by atoms with van der Waals surface area (Å²) < 4.78 is 0. The molecule has 0 aliphatic rings. The molecule has 0 bridgehead atoms. The number of hydrogen-bond acceptors (Lipinski definition) is 0. The van der Waals surface area contributed by atoms with Crippen molar-refractivity contribution in [3.05, 3.63) is 315 Å². The normalized spacial score (nSPS) is 12.4. The summed E-state index contributed by atoms with van der Waals surface area (Å²) in [6, 6.07) is 120. The molecule has 16 aromatic carbocycles. The largest absolute Gasteiger partial charge is 0.0766 e. The van der Waals surface area contributed by atoms with Crippen LogP contribution in [0.1, 0.15) is 0 Å². The highest BCUT2D eigenvalue weighted by Crippen LogP contribution is 2.61. The molecule has 86 heavy (non-hydrogen) atoms. The molecule has 2 atom stereocenters. The molecule has 0 N–H and O–H groups in total. The minimum atomic E-state index is -0.873. The quantitative estimate of drug-likeness (QED) is 0.140. The lowest BCUT2D eigenvalue weighted by molar-refractivity contribution is 1.66. The van der Waals surface area contributed by atoms with Crippen molar-refractivity contribution in [2.45, 2.75) is 0 Å². The summed E-state index contributed by atoms with van der Waals surface area (Å²) in [5, 5.41) is 28.6. The van der Waals surface area contributed by atoms with E-state index in [1.807, 2.05) is 0 Å². The second-order valence-corrected chi connectivity index (χ2v) is 27.2. The zero-order chi connectivity index (χ0) is 56.4. The Morgan fingerprint density at radius 2 is 0.488 bits per heavy atom. The van der Waals surface area contributed by atoms with Crippen LogP contribution >= 0.6 is 15.1 Å². The first kappa shape index (κ1) is 49.1. The zero-order valence-corrected chi connectivity index (χ0v) is 48.7. The van der Waals surface area contributed by atoms with Gasteiger partial charge in [0.05, 0.1) is 0 Å². The highest BCUT2D eigenvalue weighted by Gasteiger charge is 2.26. The molecule has 0 aliphatic heterocycles. The second kappa shape index (κ2) is 19.6.